The molecule has 2 heterocycles. The van der Waals surface area contributed by atoms with Gasteiger partial charge in [0.2, 0.25) is 5.43 Å². The quantitative estimate of drug-likeness (QED) is 0.540. The summed E-state index contributed by atoms with van der Waals surface area (Å²) in [4.78, 5) is 18.3. The number of aryl methyl sites for hydroxylation is 2. The molecule has 0 fully saturated rings. The number of benzene rings is 2. The molecule has 4 rings (SSSR count). The minimum Gasteiger partial charge on any atom is -0.508 e. The minimum atomic E-state index is -0.417. The van der Waals surface area contributed by atoms with Crippen LogP contribution in [0.3, 0.4) is 0 Å². The number of imidazole rings is 1. The van der Waals surface area contributed by atoms with Gasteiger partial charge in [-0.25, -0.2) is 4.98 Å². The topological polar surface area (TPSA) is 68.3 Å². The maximum atomic E-state index is 13.6. The van der Waals surface area contributed by atoms with Crippen LogP contribution in [0.4, 0.5) is 0 Å². The van der Waals surface area contributed by atoms with Gasteiger partial charge in [0.1, 0.15) is 28.5 Å². The van der Waals surface area contributed by atoms with Gasteiger partial charge < -0.3 is 14.1 Å². The van der Waals surface area contributed by atoms with Gasteiger partial charge in [0, 0.05) is 18.5 Å². The smallest absolute Gasteiger partial charge is 0.203 e. The van der Waals surface area contributed by atoms with Gasteiger partial charge in [0.05, 0.1) is 16.4 Å². The van der Waals surface area contributed by atoms with Gasteiger partial charge in [-0.15, -0.1) is 0 Å². The molecule has 0 aliphatic carbocycles. The fourth-order valence-corrected chi connectivity index (χ4v) is 3.66. The molecular formula is C23H24N2O3. The summed E-state index contributed by atoms with van der Waals surface area (Å²) in [6, 6.07) is 11.1. The highest BCUT2D eigenvalue weighted by molar-refractivity contribution is 5.86. The SMILES string of the molecule is CCc1cc2c(=O)c(-c3nc4ccccc4n3C)c(C(C)(C)C)oc2cc1O. The molecule has 0 aliphatic rings. The Morgan fingerprint density at radius 1 is 1.18 bits per heavy atom. The highest BCUT2D eigenvalue weighted by Gasteiger charge is 2.29. The molecule has 4 aromatic rings. The monoisotopic (exact) mass is 376 g/mol. The zero-order chi connectivity index (χ0) is 20.2. The largest absolute Gasteiger partial charge is 0.508 e. The van der Waals surface area contributed by atoms with Crippen LogP contribution < -0.4 is 5.43 Å². The van der Waals surface area contributed by atoms with Crippen molar-refractivity contribution in [2.75, 3.05) is 0 Å². The fraction of sp³-hybridized carbons (Fsp3) is 0.304. The molecule has 0 saturated heterocycles. The Balaban J connectivity index is 2.16. The van der Waals surface area contributed by atoms with Crippen LogP contribution in [0.5, 0.6) is 5.75 Å². The van der Waals surface area contributed by atoms with Crippen LogP contribution in [0, 0.1) is 0 Å². The van der Waals surface area contributed by atoms with E-state index in [1.54, 1.807) is 12.1 Å². The molecule has 28 heavy (non-hydrogen) atoms. The Morgan fingerprint density at radius 3 is 2.54 bits per heavy atom. The van der Waals surface area contributed by atoms with Crippen LogP contribution in [-0.2, 0) is 18.9 Å². The molecule has 0 unspecified atom stereocenters. The number of aromatic hydroxyl groups is 1. The van der Waals surface area contributed by atoms with Crippen LogP contribution >= 0.6 is 0 Å². The van der Waals surface area contributed by atoms with E-state index in [2.05, 4.69) is 0 Å². The summed E-state index contributed by atoms with van der Waals surface area (Å²) >= 11 is 0. The first-order valence-electron chi connectivity index (χ1n) is 9.47. The van der Waals surface area contributed by atoms with Gasteiger partial charge in [0.15, 0.2) is 0 Å². The van der Waals surface area contributed by atoms with Crippen LogP contribution in [-0.4, -0.2) is 14.7 Å². The number of phenolic OH excluding ortho intramolecular Hbond substituents is 1. The number of hydrogen-bond acceptors (Lipinski definition) is 4. The molecule has 2 aromatic carbocycles. The van der Waals surface area contributed by atoms with Crippen molar-refractivity contribution in [2.45, 2.75) is 39.5 Å². The van der Waals surface area contributed by atoms with E-state index in [-0.39, 0.29) is 11.2 Å². The first-order chi connectivity index (χ1) is 13.2. The minimum absolute atomic E-state index is 0.126. The number of nitrogens with zero attached hydrogens (tertiary/aromatic N) is 2. The number of phenols is 1. The highest BCUT2D eigenvalue weighted by Crippen LogP contribution is 2.35. The van der Waals surface area contributed by atoms with Gasteiger partial charge in [-0.3, -0.25) is 4.79 Å². The zero-order valence-corrected chi connectivity index (χ0v) is 16.8. The molecule has 0 bridgehead atoms. The molecule has 0 spiro atoms. The Hall–Kier alpha value is -3.08. The van der Waals surface area contributed by atoms with Crippen LogP contribution in [0.2, 0.25) is 0 Å². The second-order valence-electron chi connectivity index (χ2n) is 8.20. The zero-order valence-electron chi connectivity index (χ0n) is 16.8. The number of hydrogen-bond donors (Lipinski definition) is 1. The van der Waals surface area contributed by atoms with Crippen molar-refractivity contribution in [3.05, 3.63) is 57.9 Å². The maximum Gasteiger partial charge on any atom is 0.203 e. The lowest BCUT2D eigenvalue weighted by atomic mass is 9.88. The van der Waals surface area contributed by atoms with Crippen molar-refractivity contribution < 1.29 is 9.52 Å². The molecule has 0 atom stereocenters. The predicted molar refractivity (Wildman–Crippen MR) is 112 cm³/mol. The van der Waals surface area contributed by atoms with Crippen molar-refractivity contribution in [3.63, 3.8) is 0 Å². The molecular weight excluding hydrogens is 352 g/mol. The summed E-state index contributed by atoms with van der Waals surface area (Å²) in [6.07, 6.45) is 0.629. The molecule has 0 radical (unpaired) electrons. The molecule has 0 amide bonds. The van der Waals surface area contributed by atoms with Crippen LogP contribution in [0.25, 0.3) is 33.4 Å². The first-order valence-corrected chi connectivity index (χ1v) is 9.47. The second-order valence-corrected chi connectivity index (χ2v) is 8.20. The van der Waals surface area contributed by atoms with E-state index in [0.29, 0.717) is 34.5 Å². The number of para-hydroxylation sites is 2. The van der Waals surface area contributed by atoms with Gasteiger partial charge in [-0.1, -0.05) is 39.8 Å². The molecule has 144 valence electrons. The lowest BCUT2D eigenvalue weighted by molar-refractivity contribution is 0.420. The maximum absolute atomic E-state index is 13.6. The van der Waals surface area contributed by atoms with E-state index in [1.807, 2.05) is 63.6 Å². The van der Waals surface area contributed by atoms with Crippen LogP contribution in [0.1, 0.15) is 39.0 Å². The fourth-order valence-electron chi connectivity index (χ4n) is 3.66. The Bertz CT molecular complexity index is 1270. The summed E-state index contributed by atoms with van der Waals surface area (Å²) in [5.74, 6) is 1.30. The molecule has 5 heteroatoms. The molecule has 5 nitrogen and oxygen atoms in total. The molecule has 2 aromatic heterocycles. The van der Waals surface area contributed by atoms with Gasteiger partial charge in [-0.2, -0.15) is 0 Å². The van der Waals surface area contributed by atoms with E-state index in [9.17, 15) is 9.90 Å². The molecule has 0 aliphatic heterocycles. The number of aromatic nitrogens is 2. The van der Waals surface area contributed by atoms with E-state index in [4.69, 9.17) is 9.40 Å². The van der Waals surface area contributed by atoms with Crippen molar-refractivity contribution in [1.82, 2.24) is 9.55 Å². The van der Waals surface area contributed by atoms with E-state index >= 15 is 0 Å². The van der Waals surface area contributed by atoms with E-state index in [0.717, 1.165) is 16.6 Å². The number of fused-ring (bicyclic) bond motifs is 2. The normalized spacial score (nSPS) is 12.2. The molecule has 1 N–H and O–H groups in total. The predicted octanol–water partition coefficient (Wildman–Crippen LogP) is 4.91. The Labute approximate surface area is 163 Å². The number of rotatable bonds is 2. The third-order valence-corrected chi connectivity index (χ3v) is 5.16. The first kappa shape index (κ1) is 18.3. The summed E-state index contributed by atoms with van der Waals surface area (Å²) < 4.78 is 8.14. The lowest BCUT2D eigenvalue weighted by Gasteiger charge is -2.21. The molecule has 0 saturated carbocycles. The van der Waals surface area contributed by atoms with E-state index < -0.39 is 5.41 Å². The van der Waals surface area contributed by atoms with Crippen molar-refractivity contribution in [2.24, 2.45) is 7.05 Å². The second kappa shape index (κ2) is 6.23. The highest BCUT2D eigenvalue weighted by atomic mass is 16.3. The average molecular weight is 376 g/mol. The summed E-state index contributed by atoms with van der Waals surface area (Å²) in [6.45, 7) is 7.95. The summed E-state index contributed by atoms with van der Waals surface area (Å²) in [7, 11) is 1.91. The van der Waals surface area contributed by atoms with Gasteiger partial charge in [0.25, 0.3) is 0 Å². The average Bonchev–Trinajstić information content (AvgIpc) is 2.97. The Kier molecular flexibility index (Phi) is 4.07. The third-order valence-electron chi connectivity index (χ3n) is 5.16. The lowest BCUT2D eigenvalue weighted by Crippen LogP contribution is -2.20. The summed E-state index contributed by atoms with van der Waals surface area (Å²) in [5, 5.41) is 10.7. The van der Waals surface area contributed by atoms with Crippen molar-refractivity contribution in [1.29, 1.82) is 0 Å². The van der Waals surface area contributed by atoms with E-state index in [1.165, 1.54) is 0 Å². The standard InChI is InChI=1S/C23H24N2O3/c1-6-13-11-14-18(12-17(13)26)28-21(23(2,3)4)19(20(14)27)22-24-15-9-7-8-10-16(15)25(22)5/h7-12,26H,6H2,1-5H3. The Morgan fingerprint density at radius 2 is 1.89 bits per heavy atom. The van der Waals surface area contributed by atoms with Gasteiger partial charge >= 0.3 is 0 Å². The summed E-state index contributed by atoms with van der Waals surface area (Å²) in [5.41, 5.74) is 2.84. The van der Waals surface area contributed by atoms with Gasteiger partial charge in [-0.05, 0) is 30.2 Å². The van der Waals surface area contributed by atoms with Crippen molar-refractivity contribution in [3.8, 4) is 17.1 Å². The van der Waals surface area contributed by atoms with Crippen molar-refractivity contribution >= 4 is 22.0 Å². The van der Waals surface area contributed by atoms with Crippen LogP contribution in [0.15, 0.2) is 45.6 Å². The third kappa shape index (κ3) is 2.70.